The Kier molecular flexibility index (Phi) is 3.07. The highest BCUT2D eigenvalue weighted by atomic mass is 16.1. The Morgan fingerprint density at radius 2 is 2.30 bits per heavy atom. The molecule has 0 bridgehead atoms. The number of nitrogens with zero attached hydrogens (tertiary/aromatic N) is 4. The quantitative estimate of drug-likeness (QED) is 0.707. The SMILES string of the molecule is Cn1cc(Nc2ncc(C3CNC3)nc2C(N)=O)cn1. The number of nitrogens with one attached hydrogen (secondary N) is 2. The Hall–Kier alpha value is -2.48. The van der Waals surface area contributed by atoms with Crippen LogP contribution in [0.1, 0.15) is 22.1 Å². The third-order valence-corrected chi connectivity index (χ3v) is 3.19. The predicted molar refractivity (Wildman–Crippen MR) is 72.7 cm³/mol. The first-order valence-corrected chi connectivity index (χ1v) is 6.26. The van der Waals surface area contributed by atoms with E-state index in [2.05, 4.69) is 25.7 Å². The molecule has 104 valence electrons. The van der Waals surface area contributed by atoms with Crippen LogP contribution in [-0.2, 0) is 7.05 Å². The van der Waals surface area contributed by atoms with Crippen LogP contribution >= 0.6 is 0 Å². The van der Waals surface area contributed by atoms with Gasteiger partial charge in [-0.3, -0.25) is 9.48 Å². The highest BCUT2D eigenvalue weighted by Crippen LogP contribution is 2.21. The minimum atomic E-state index is -0.599. The average Bonchev–Trinajstić information content (AvgIpc) is 2.74. The molecule has 0 spiro atoms. The van der Waals surface area contributed by atoms with Crippen LogP contribution in [0.2, 0.25) is 0 Å². The van der Waals surface area contributed by atoms with Crippen LogP contribution in [0, 0.1) is 0 Å². The third-order valence-electron chi connectivity index (χ3n) is 3.19. The second-order valence-electron chi connectivity index (χ2n) is 4.74. The number of nitrogens with two attached hydrogens (primary N) is 1. The smallest absolute Gasteiger partial charge is 0.271 e. The normalized spacial score (nSPS) is 14.8. The maximum atomic E-state index is 11.5. The molecular weight excluding hydrogens is 258 g/mol. The van der Waals surface area contributed by atoms with E-state index in [4.69, 9.17) is 5.73 Å². The molecule has 1 saturated heterocycles. The van der Waals surface area contributed by atoms with Crippen LogP contribution in [0.15, 0.2) is 18.6 Å². The molecule has 2 aromatic heterocycles. The average molecular weight is 273 g/mol. The zero-order valence-electron chi connectivity index (χ0n) is 11.0. The van der Waals surface area contributed by atoms with Crippen LogP contribution in [0.4, 0.5) is 11.5 Å². The van der Waals surface area contributed by atoms with Gasteiger partial charge in [-0.2, -0.15) is 5.10 Å². The summed E-state index contributed by atoms with van der Waals surface area (Å²) < 4.78 is 1.65. The van der Waals surface area contributed by atoms with Crippen molar-refractivity contribution in [3.63, 3.8) is 0 Å². The largest absolute Gasteiger partial charge is 0.364 e. The Labute approximate surface area is 115 Å². The van der Waals surface area contributed by atoms with Gasteiger partial charge in [-0.05, 0) is 0 Å². The van der Waals surface area contributed by atoms with Crippen LogP contribution in [0.5, 0.6) is 0 Å². The molecule has 4 N–H and O–H groups in total. The second kappa shape index (κ2) is 4.89. The zero-order valence-corrected chi connectivity index (χ0v) is 11.0. The van der Waals surface area contributed by atoms with E-state index in [1.165, 1.54) is 0 Å². The molecule has 1 amide bonds. The number of aromatic nitrogens is 4. The third kappa shape index (κ3) is 2.32. The summed E-state index contributed by atoms with van der Waals surface area (Å²) in [5.74, 6) is 0.0487. The van der Waals surface area contributed by atoms with Gasteiger partial charge in [0.15, 0.2) is 11.5 Å². The van der Waals surface area contributed by atoms with Crippen LogP contribution < -0.4 is 16.4 Å². The van der Waals surface area contributed by atoms with Crippen molar-refractivity contribution in [1.29, 1.82) is 0 Å². The van der Waals surface area contributed by atoms with Gasteiger partial charge in [0.1, 0.15) is 0 Å². The molecular formula is C12H15N7O. The monoisotopic (exact) mass is 273 g/mol. The first-order valence-electron chi connectivity index (χ1n) is 6.26. The number of aryl methyl sites for hydroxylation is 1. The molecule has 0 unspecified atom stereocenters. The van der Waals surface area contributed by atoms with Crippen molar-refractivity contribution in [2.24, 2.45) is 12.8 Å². The lowest BCUT2D eigenvalue weighted by Crippen LogP contribution is -2.40. The molecule has 2 aromatic rings. The van der Waals surface area contributed by atoms with Crippen molar-refractivity contribution >= 4 is 17.4 Å². The Morgan fingerprint density at radius 3 is 2.85 bits per heavy atom. The van der Waals surface area contributed by atoms with Gasteiger partial charge >= 0.3 is 0 Å². The van der Waals surface area contributed by atoms with Crippen LogP contribution in [0.25, 0.3) is 0 Å². The fourth-order valence-electron chi connectivity index (χ4n) is 1.98. The van der Waals surface area contributed by atoms with Gasteiger partial charge in [0.2, 0.25) is 0 Å². The highest BCUT2D eigenvalue weighted by Gasteiger charge is 2.23. The lowest BCUT2D eigenvalue weighted by molar-refractivity contribution is 0.0995. The summed E-state index contributed by atoms with van der Waals surface area (Å²) in [6, 6.07) is 0. The topological polar surface area (TPSA) is 111 Å². The number of carbonyl (C=O) groups is 1. The first kappa shape index (κ1) is 12.5. The summed E-state index contributed by atoms with van der Waals surface area (Å²) in [7, 11) is 1.80. The maximum Gasteiger partial charge on any atom is 0.271 e. The van der Waals surface area contributed by atoms with Gasteiger partial charge in [-0.25, -0.2) is 9.97 Å². The fourth-order valence-corrected chi connectivity index (χ4v) is 1.98. The molecule has 0 saturated carbocycles. The molecule has 3 heterocycles. The Morgan fingerprint density at radius 1 is 1.50 bits per heavy atom. The van der Waals surface area contributed by atoms with Gasteiger partial charge in [-0.15, -0.1) is 0 Å². The van der Waals surface area contributed by atoms with Gasteiger partial charge in [-0.1, -0.05) is 0 Å². The van der Waals surface area contributed by atoms with E-state index in [1.54, 1.807) is 30.3 Å². The zero-order chi connectivity index (χ0) is 14.1. The van der Waals surface area contributed by atoms with Crippen molar-refractivity contribution in [2.75, 3.05) is 18.4 Å². The minimum Gasteiger partial charge on any atom is -0.364 e. The molecule has 0 atom stereocenters. The lowest BCUT2D eigenvalue weighted by Gasteiger charge is -2.26. The van der Waals surface area contributed by atoms with Crippen LogP contribution in [-0.4, -0.2) is 38.7 Å². The summed E-state index contributed by atoms with van der Waals surface area (Å²) in [5, 5.41) is 10.2. The molecule has 1 aliphatic heterocycles. The van der Waals surface area contributed by atoms with E-state index >= 15 is 0 Å². The summed E-state index contributed by atoms with van der Waals surface area (Å²) in [4.78, 5) is 20.1. The number of amides is 1. The fraction of sp³-hybridized carbons (Fsp3) is 0.333. The minimum absolute atomic E-state index is 0.151. The first-order chi connectivity index (χ1) is 9.63. The van der Waals surface area contributed by atoms with E-state index in [0.717, 1.165) is 24.5 Å². The number of rotatable bonds is 4. The molecule has 0 radical (unpaired) electrons. The van der Waals surface area contributed by atoms with E-state index in [-0.39, 0.29) is 5.69 Å². The van der Waals surface area contributed by atoms with Gasteiger partial charge < -0.3 is 16.4 Å². The van der Waals surface area contributed by atoms with Crippen molar-refractivity contribution in [3.8, 4) is 0 Å². The lowest BCUT2D eigenvalue weighted by atomic mass is 10.00. The summed E-state index contributed by atoms with van der Waals surface area (Å²) in [6.07, 6.45) is 5.09. The second-order valence-corrected chi connectivity index (χ2v) is 4.74. The number of anilines is 2. The molecule has 1 aliphatic rings. The Bertz CT molecular complexity index is 647. The van der Waals surface area contributed by atoms with Crippen molar-refractivity contribution in [1.82, 2.24) is 25.1 Å². The number of hydrogen-bond donors (Lipinski definition) is 3. The standard InChI is InChI=1S/C12H15N7O/c1-19-6-8(4-16-19)17-12-10(11(13)20)18-9(5-15-12)7-2-14-3-7/h4-7,14H,2-3H2,1H3,(H2,13,20)(H,15,17). The molecule has 8 heteroatoms. The van der Waals surface area contributed by atoms with Crippen LogP contribution in [0.3, 0.4) is 0 Å². The molecule has 8 nitrogen and oxygen atoms in total. The molecule has 0 aromatic carbocycles. The van der Waals surface area contributed by atoms with Crippen molar-refractivity contribution < 1.29 is 4.79 Å². The summed E-state index contributed by atoms with van der Waals surface area (Å²) >= 11 is 0. The van der Waals surface area contributed by atoms with E-state index in [9.17, 15) is 4.79 Å². The predicted octanol–water partition coefficient (Wildman–Crippen LogP) is -0.261. The Balaban J connectivity index is 1.91. The van der Waals surface area contributed by atoms with Crippen molar-refractivity contribution in [3.05, 3.63) is 30.0 Å². The van der Waals surface area contributed by atoms with Gasteiger partial charge in [0.05, 0.1) is 23.8 Å². The number of carbonyl (C=O) groups excluding carboxylic acids is 1. The summed E-state index contributed by atoms with van der Waals surface area (Å²) in [5.41, 5.74) is 7.05. The van der Waals surface area contributed by atoms with Gasteiger partial charge in [0.25, 0.3) is 5.91 Å². The number of primary amides is 1. The van der Waals surface area contributed by atoms with Crippen molar-refractivity contribution in [2.45, 2.75) is 5.92 Å². The molecule has 1 fully saturated rings. The molecule has 3 rings (SSSR count). The van der Waals surface area contributed by atoms with Gasteiger partial charge in [0, 0.05) is 32.3 Å². The van der Waals surface area contributed by atoms with E-state index in [1.807, 2.05) is 0 Å². The maximum absolute atomic E-state index is 11.5. The highest BCUT2D eigenvalue weighted by molar-refractivity contribution is 5.96. The summed E-state index contributed by atoms with van der Waals surface area (Å²) in [6.45, 7) is 1.70. The molecule has 0 aliphatic carbocycles. The molecule has 20 heavy (non-hydrogen) atoms. The van der Waals surface area contributed by atoms with E-state index < -0.39 is 5.91 Å². The van der Waals surface area contributed by atoms with E-state index in [0.29, 0.717) is 11.7 Å². The number of hydrogen-bond acceptors (Lipinski definition) is 6.